The highest BCUT2D eigenvalue weighted by Crippen LogP contribution is 2.40. The fourth-order valence-electron chi connectivity index (χ4n) is 4.44. The molecule has 4 atom stereocenters. The Hall–Kier alpha value is -2.31. The lowest BCUT2D eigenvalue weighted by Gasteiger charge is -2.35. The zero-order valence-corrected chi connectivity index (χ0v) is 17.3. The van der Waals surface area contributed by atoms with Crippen molar-refractivity contribution >= 4 is 23.4 Å². The number of aliphatic hydroxyl groups is 1. The number of fused-ring (bicyclic) bond motifs is 1. The Morgan fingerprint density at radius 3 is 2.72 bits per heavy atom. The predicted octanol–water partition coefficient (Wildman–Crippen LogP) is 3.48. The van der Waals surface area contributed by atoms with Gasteiger partial charge >= 0.3 is 5.97 Å². The van der Waals surface area contributed by atoms with Crippen LogP contribution in [0.2, 0.25) is 5.02 Å². The number of esters is 1. The molecule has 1 N–H and O–H groups in total. The molecule has 2 heterocycles. The lowest BCUT2D eigenvalue weighted by atomic mass is 9.78. The first-order valence-electron chi connectivity index (χ1n) is 9.84. The van der Waals surface area contributed by atoms with Crippen LogP contribution in [0.4, 0.5) is 5.82 Å². The summed E-state index contributed by atoms with van der Waals surface area (Å²) < 4.78 is 10.8. The van der Waals surface area contributed by atoms with Crippen LogP contribution in [0, 0.1) is 18.8 Å². The van der Waals surface area contributed by atoms with Gasteiger partial charge in [0.15, 0.2) is 0 Å². The Balaban J connectivity index is 1.45. The topological polar surface area (TPSA) is 71.9 Å². The number of methoxy groups -OCH3 is 1. The van der Waals surface area contributed by atoms with E-state index in [1.165, 1.54) is 7.11 Å². The smallest absolute Gasteiger partial charge is 0.337 e. The number of nitrogens with zero attached hydrogens (tertiary/aromatic N) is 2. The first-order valence-corrected chi connectivity index (χ1v) is 10.2. The number of anilines is 1. The summed E-state index contributed by atoms with van der Waals surface area (Å²) in [4.78, 5) is 18.5. The molecule has 1 aromatic carbocycles. The van der Waals surface area contributed by atoms with E-state index in [-0.39, 0.29) is 6.10 Å². The lowest BCUT2D eigenvalue weighted by molar-refractivity contribution is -0.0231. The largest absolute Gasteiger partial charge is 0.488 e. The van der Waals surface area contributed by atoms with Gasteiger partial charge in [-0.2, -0.15) is 0 Å². The number of aromatic nitrogens is 1. The maximum atomic E-state index is 11.7. The SMILES string of the molecule is COC(=O)c1cccc(O[C@@H]2C[C@@H]3CN(c4ncc(C)cc4Cl)C[C@@H]3C[C@H]2O)c1. The Kier molecular flexibility index (Phi) is 5.65. The minimum atomic E-state index is -0.556. The lowest BCUT2D eigenvalue weighted by Crippen LogP contribution is -2.42. The maximum absolute atomic E-state index is 11.7. The average Bonchev–Trinajstić information content (AvgIpc) is 3.10. The summed E-state index contributed by atoms with van der Waals surface area (Å²) in [6.45, 7) is 3.65. The third-order valence-corrected chi connectivity index (χ3v) is 6.16. The second-order valence-corrected chi connectivity index (χ2v) is 8.36. The minimum absolute atomic E-state index is 0.314. The van der Waals surface area contributed by atoms with Gasteiger partial charge in [0.2, 0.25) is 0 Å². The molecule has 0 spiro atoms. The molecular weight excluding hydrogens is 392 g/mol. The Bertz CT molecular complexity index is 906. The number of aryl methyl sites for hydroxylation is 1. The van der Waals surface area contributed by atoms with Crippen molar-refractivity contribution in [3.8, 4) is 5.75 Å². The van der Waals surface area contributed by atoms with Crippen LogP contribution in [-0.2, 0) is 4.74 Å². The van der Waals surface area contributed by atoms with Crippen molar-refractivity contribution in [2.75, 3.05) is 25.1 Å². The van der Waals surface area contributed by atoms with Crippen molar-refractivity contribution in [1.29, 1.82) is 0 Å². The second-order valence-electron chi connectivity index (χ2n) is 7.96. The predicted molar refractivity (Wildman–Crippen MR) is 111 cm³/mol. The number of hydrogen-bond acceptors (Lipinski definition) is 6. The number of halogens is 1. The molecule has 6 nitrogen and oxygen atoms in total. The summed E-state index contributed by atoms with van der Waals surface area (Å²) in [6, 6.07) is 8.81. The molecule has 2 aliphatic rings. The first kappa shape index (κ1) is 20.0. The number of carbonyl (C=O) groups excluding carboxylic acids is 1. The number of ether oxygens (including phenoxy) is 2. The number of pyridine rings is 1. The molecule has 1 aliphatic heterocycles. The van der Waals surface area contributed by atoms with E-state index >= 15 is 0 Å². The highest BCUT2D eigenvalue weighted by molar-refractivity contribution is 6.33. The van der Waals surface area contributed by atoms with Crippen LogP contribution in [0.1, 0.15) is 28.8 Å². The molecule has 0 amide bonds. The van der Waals surface area contributed by atoms with Crippen molar-refractivity contribution in [1.82, 2.24) is 4.98 Å². The van der Waals surface area contributed by atoms with Crippen molar-refractivity contribution in [2.45, 2.75) is 32.0 Å². The average molecular weight is 417 g/mol. The van der Waals surface area contributed by atoms with Crippen LogP contribution in [0.15, 0.2) is 36.5 Å². The molecule has 1 aromatic heterocycles. The molecule has 0 bridgehead atoms. The highest BCUT2D eigenvalue weighted by Gasteiger charge is 2.43. The molecule has 2 aromatic rings. The highest BCUT2D eigenvalue weighted by atomic mass is 35.5. The van der Waals surface area contributed by atoms with E-state index in [1.54, 1.807) is 24.3 Å². The minimum Gasteiger partial charge on any atom is -0.488 e. The van der Waals surface area contributed by atoms with E-state index in [4.69, 9.17) is 21.1 Å². The van der Waals surface area contributed by atoms with E-state index in [0.717, 1.165) is 30.9 Å². The molecule has 2 fully saturated rings. The number of benzene rings is 1. The second kappa shape index (κ2) is 8.20. The van der Waals surface area contributed by atoms with Crippen LogP contribution in [0.25, 0.3) is 0 Å². The van der Waals surface area contributed by atoms with Crippen LogP contribution in [0.3, 0.4) is 0 Å². The molecular formula is C22H25ClN2O4. The fourth-order valence-corrected chi connectivity index (χ4v) is 4.78. The summed E-state index contributed by atoms with van der Waals surface area (Å²) in [5.41, 5.74) is 1.47. The van der Waals surface area contributed by atoms with Gasteiger partial charge in [-0.25, -0.2) is 9.78 Å². The summed E-state index contributed by atoms with van der Waals surface area (Å²) in [6.07, 6.45) is 2.38. The third kappa shape index (κ3) is 4.19. The van der Waals surface area contributed by atoms with Crippen molar-refractivity contribution in [2.24, 2.45) is 11.8 Å². The zero-order chi connectivity index (χ0) is 20.5. The van der Waals surface area contributed by atoms with Crippen LogP contribution in [-0.4, -0.2) is 48.5 Å². The molecule has 0 unspecified atom stereocenters. The molecule has 29 heavy (non-hydrogen) atoms. The number of aliphatic hydroxyl groups excluding tert-OH is 1. The van der Waals surface area contributed by atoms with Gasteiger partial charge in [-0.3, -0.25) is 0 Å². The standard InChI is InChI=1S/C22H25ClN2O4/c1-13-6-18(23)21(24-10-13)25-11-15-8-19(26)20(9-16(15)12-25)29-17-5-3-4-14(7-17)22(27)28-2/h3-7,10,15-16,19-20,26H,8-9,11-12H2,1-2H3/t15-,16+,19+,20+/m0/s1. The number of carbonyl (C=O) groups is 1. The van der Waals surface area contributed by atoms with Crippen molar-refractivity contribution in [3.05, 3.63) is 52.7 Å². The summed E-state index contributed by atoms with van der Waals surface area (Å²) in [7, 11) is 1.35. The first-order chi connectivity index (χ1) is 13.9. The van der Waals surface area contributed by atoms with Gasteiger partial charge in [0.05, 0.1) is 23.8 Å². The monoisotopic (exact) mass is 416 g/mol. The van der Waals surface area contributed by atoms with E-state index in [1.807, 2.05) is 19.2 Å². The summed E-state index contributed by atoms with van der Waals surface area (Å²) in [5.74, 6) is 1.74. The van der Waals surface area contributed by atoms with E-state index in [2.05, 4.69) is 9.88 Å². The van der Waals surface area contributed by atoms with E-state index < -0.39 is 12.1 Å². The van der Waals surface area contributed by atoms with E-state index in [9.17, 15) is 9.90 Å². The molecule has 1 aliphatic carbocycles. The van der Waals surface area contributed by atoms with E-state index in [0.29, 0.717) is 34.6 Å². The molecule has 7 heteroatoms. The van der Waals surface area contributed by atoms with Crippen molar-refractivity contribution < 1.29 is 19.4 Å². The van der Waals surface area contributed by atoms with Gasteiger partial charge in [0, 0.05) is 19.3 Å². The maximum Gasteiger partial charge on any atom is 0.337 e. The normalized spacial score (nSPS) is 26.1. The Morgan fingerprint density at radius 2 is 2.00 bits per heavy atom. The van der Waals surface area contributed by atoms with Gasteiger partial charge in [-0.05, 0) is 61.4 Å². The Morgan fingerprint density at radius 1 is 1.24 bits per heavy atom. The van der Waals surface area contributed by atoms with Gasteiger partial charge in [0.25, 0.3) is 0 Å². The van der Waals surface area contributed by atoms with Crippen LogP contribution >= 0.6 is 11.6 Å². The van der Waals surface area contributed by atoms with Crippen LogP contribution < -0.4 is 9.64 Å². The van der Waals surface area contributed by atoms with Crippen LogP contribution in [0.5, 0.6) is 5.75 Å². The molecule has 1 saturated carbocycles. The fraction of sp³-hybridized carbons (Fsp3) is 0.455. The summed E-state index contributed by atoms with van der Waals surface area (Å²) >= 11 is 6.41. The third-order valence-electron chi connectivity index (χ3n) is 5.89. The zero-order valence-electron chi connectivity index (χ0n) is 16.5. The Labute approximate surface area is 175 Å². The quantitative estimate of drug-likeness (QED) is 0.769. The number of rotatable bonds is 4. The van der Waals surface area contributed by atoms with Gasteiger partial charge in [-0.1, -0.05) is 17.7 Å². The molecule has 1 saturated heterocycles. The number of hydrogen-bond donors (Lipinski definition) is 1. The molecule has 0 radical (unpaired) electrons. The van der Waals surface area contributed by atoms with Gasteiger partial charge in [0.1, 0.15) is 17.7 Å². The molecule has 4 rings (SSSR count). The van der Waals surface area contributed by atoms with Gasteiger partial charge in [-0.15, -0.1) is 0 Å². The molecule has 154 valence electrons. The van der Waals surface area contributed by atoms with Crippen molar-refractivity contribution in [3.63, 3.8) is 0 Å². The summed E-state index contributed by atoms with van der Waals surface area (Å²) in [5, 5.41) is 11.3. The van der Waals surface area contributed by atoms with Gasteiger partial charge < -0.3 is 19.5 Å².